The molecule has 0 fully saturated rings. The molecular weight excluding hydrogens is 280 g/mol. The van der Waals surface area contributed by atoms with Gasteiger partial charge in [0.15, 0.2) is 0 Å². The fraction of sp³-hybridized carbons (Fsp3) is 0.385. The van der Waals surface area contributed by atoms with Gasteiger partial charge in [-0.1, -0.05) is 36.5 Å². The molecule has 0 saturated heterocycles. The van der Waals surface area contributed by atoms with Gasteiger partial charge in [-0.2, -0.15) is 0 Å². The fourth-order valence-corrected chi connectivity index (χ4v) is 2.54. The normalized spacial score (nSPS) is 10.2. The van der Waals surface area contributed by atoms with Gasteiger partial charge in [0, 0.05) is 25.0 Å². The van der Waals surface area contributed by atoms with E-state index in [9.17, 15) is 4.79 Å². The van der Waals surface area contributed by atoms with E-state index in [4.69, 9.17) is 22.7 Å². The van der Waals surface area contributed by atoms with E-state index in [1.54, 1.807) is 7.11 Å². The van der Waals surface area contributed by atoms with Crippen LogP contribution in [0.3, 0.4) is 0 Å². The third kappa shape index (κ3) is 6.04. The summed E-state index contributed by atoms with van der Waals surface area (Å²) >= 11 is 6.53. The lowest BCUT2D eigenvalue weighted by Gasteiger charge is -2.08. The van der Waals surface area contributed by atoms with Crippen molar-refractivity contribution in [2.75, 3.05) is 26.0 Å². The Hall–Kier alpha value is -1.11. The first-order valence-corrected chi connectivity index (χ1v) is 7.42. The number of ether oxygens (including phenoxy) is 1. The number of hydrogen-bond donors (Lipinski definition) is 2. The highest BCUT2D eigenvalue weighted by Crippen LogP contribution is 2.16. The number of rotatable bonds is 8. The van der Waals surface area contributed by atoms with E-state index in [1.807, 2.05) is 24.3 Å². The molecule has 19 heavy (non-hydrogen) atoms. The molecule has 4 nitrogen and oxygen atoms in total. The third-order valence-electron chi connectivity index (χ3n) is 2.40. The lowest BCUT2D eigenvalue weighted by molar-refractivity contribution is -0.118. The van der Waals surface area contributed by atoms with Crippen LogP contribution in [0.1, 0.15) is 11.1 Å². The molecule has 0 atom stereocenters. The minimum atomic E-state index is 0.00913. The van der Waals surface area contributed by atoms with Crippen molar-refractivity contribution < 1.29 is 9.53 Å². The van der Waals surface area contributed by atoms with E-state index in [-0.39, 0.29) is 5.91 Å². The van der Waals surface area contributed by atoms with Crippen LogP contribution in [0.5, 0.6) is 0 Å². The Kier molecular flexibility index (Phi) is 7.47. The van der Waals surface area contributed by atoms with Crippen molar-refractivity contribution in [2.24, 2.45) is 5.73 Å². The van der Waals surface area contributed by atoms with E-state index in [0.717, 1.165) is 11.1 Å². The summed E-state index contributed by atoms with van der Waals surface area (Å²) < 4.78 is 4.86. The Morgan fingerprint density at radius 1 is 1.47 bits per heavy atom. The summed E-state index contributed by atoms with van der Waals surface area (Å²) in [6.07, 6.45) is 0. The topological polar surface area (TPSA) is 64.3 Å². The number of methoxy groups -OCH3 is 1. The number of thioether (sulfide) groups is 1. The molecule has 0 unspecified atom stereocenters. The van der Waals surface area contributed by atoms with Crippen LogP contribution in [0.15, 0.2) is 24.3 Å². The first kappa shape index (κ1) is 15.9. The average Bonchev–Trinajstić information content (AvgIpc) is 2.39. The van der Waals surface area contributed by atoms with Crippen LogP contribution in [-0.2, 0) is 15.3 Å². The molecule has 1 aromatic carbocycles. The molecule has 6 heteroatoms. The average molecular weight is 298 g/mol. The minimum Gasteiger partial charge on any atom is -0.389 e. The standard InChI is InChI=1S/C13H18N2O2S2/c1-17-7-6-15-12(16)9-19-8-10-4-2-3-5-11(10)13(14)18/h2-5H,6-9H2,1H3,(H2,14,18)(H,15,16). The summed E-state index contributed by atoms with van der Waals surface area (Å²) in [7, 11) is 1.60. The van der Waals surface area contributed by atoms with Crippen molar-refractivity contribution in [1.29, 1.82) is 0 Å². The molecule has 104 valence electrons. The zero-order valence-corrected chi connectivity index (χ0v) is 12.5. The van der Waals surface area contributed by atoms with Crippen LogP contribution in [0.2, 0.25) is 0 Å². The summed E-state index contributed by atoms with van der Waals surface area (Å²) in [4.78, 5) is 11.9. The van der Waals surface area contributed by atoms with Gasteiger partial charge < -0.3 is 15.8 Å². The van der Waals surface area contributed by atoms with Gasteiger partial charge in [0.05, 0.1) is 12.4 Å². The number of carbonyl (C=O) groups excluding carboxylic acids is 1. The van der Waals surface area contributed by atoms with E-state index in [2.05, 4.69) is 5.32 Å². The lowest BCUT2D eigenvalue weighted by Crippen LogP contribution is -2.28. The second kappa shape index (κ2) is 8.90. The van der Waals surface area contributed by atoms with Gasteiger partial charge in [-0.15, -0.1) is 11.8 Å². The molecule has 0 aromatic heterocycles. The van der Waals surface area contributed by atoms with Crippen molar-refractivity contribution in [2.45, 2.75) is 5.75 Å². The second-order valence-electron chi connectivity index (χ2n) is 3.86. The van der Waals surface area contributed by atoms with Crippen molar-refractivity contribution in [3.05, 3.63) is 35.4 Å². The molecular formula is C13H18N2O2S2. The number of hydrogen-bond acceptors (Lipinski definition) is 4. The Bertz CT molecular complexity index is 438. The maximum atomic E-state index is 11.5. The molecule has 0 heterocycles. The third-order valence-corrected chi connectivity index (χ3v) is 3.60. The zero-order valence-electron chi connectivity index (χ0n) is 10.8. The van der Waals surface area contributed by atoms with Gasteiger partial charge in [0.2, 0.25) is 5.91 Å². The molecule has 0 aliphatic heterocycles. The van der Waals surface area contributed by atoms with E-state index >= 15 is 0 Å². The lowest BCUT2D eigenvalue weighted by atomic mass is 10.1. The van der Waals surface area contributed by atoms with Crippen LogP contribution in [0.4, 0.5) is 0 Å². The molecule has 1 aromatic rings. The molecule has 0 aliphatic rings. The smallest absolute Gasteiger partial charge is 0.230 e. The molecule has 3 N–H and O–H groups in total. The highest BCUT2D eigenvalue weighted by Gasteiger charge is 2.06. The Labute approximate surface area is 123 Å². The van der Waals surface area contributed by atoms with Crippen LogP contribution >= 0.6 is 24.0 Å². The van der Waals surface area contributed by atoms with Gasteiger partial charge in [0.25, 0.3) is 0 Å². The number of amides is 1. The minimum absolute atomic E-state index is 0.00913. The second-order valence-corrected chi connectivity index (χ2v) is 5.28. The monoisotopic (exact) mass is 298 g/mol. The van der Waals surface area contributed by atoms with Crippen molar-refractivity contribution in [3.63, 3.8) is 0 Å². The van der Waals surface area contributed by atoms with Crippen molar-refractivity contribution >= 4 is 34.9 Å². The van der Waals surface area contributed by atoms with Crippen LogP contribution in [-0.4, -0.2) is 36.9 Å². The van der Waals surface area contributed by atoms with Gasteiger partial charge >= 0.3 is 0 Å². The first-order chi connectivity index (χ1) is 9.15. The number of carbonyl (C=O) groups is 1. The summed E-state index contributed by atoms with van der Waals surface area (Å²) in [5.74, 6) is 1.13. The van der Waals surface area contributed by atoms with Gasteiger partial charge in [0.1, 0.15) is 4.99 Å². The molecule has 0 aliphatic carbocycles. The van der Waals surface area contributed by atoms with E-state index < -0.39 is 0 Å². The molecule has 0 bridgehead atoms. The maximum Gasteiger partial charge on any atom is 0.230 e. The fourth-order valence-electron chi connectivity index (χ4n) is 1.48. The SMILES string of the molecule is COCCNC(=O)CSCc1ccccc1C(N)=S. The predicted octanol–water partition coefficient (Wildman–Crippen LogP) is 1.32. The van der Waals surface area contributed by atoms with Crippen LogP contribution < -0.4 is 11.1 Å². The zero-order chi connectivity index (χ0) is 14.1. The molecule has 0 spiro atoms. The summed E-state index contributed by atoms with van der Waals surface area (Å²) in [5, 5.41) is 2.77. The van der Waals surface area contributed by atoms with Gasteiger partial charge in [-0.25, -0.2) is 0 Å². The number of nitrogens with one attached hydrogen (secondary N) is 1. The van der Waals surface area contributed by atoms with E-state index in [1.165, 1.54) is 11.8 Å². The molecule has 0 saturated carbocycles. The van der Waals surface area contributed by atoms with Gasteiger partial charge in [-0.3, -0.25) is 4.79 Å². The predicted molar refractivity (Wildman–Crippen MR) is 83.4 cm³/mol. The quantitative estimate of drug-likeness (QED) is 0.560. The van der Waals surface area contributed by atoms with Crippen molar-refractivity contribution in [3.8, 4) is 0 Å². The Morgan fingerprint density at radius 3 is 2.89 bits per heavy atom. The molecule has 1 rings (SSSR count). The summed E-state index contributed by atoms with van der Waals surface area (Å²) in [5.41, 5.74) is 7.60. The maximum absolute atomic E-state index is 11.5. The largest absolute Gasteiger partial charge is 0.389 e. The molecule has 0 radical (unpaired) electrons. The Morgan fingerprint density at radius 2 is 2.21 bits per heavy atom. The summed E-state index contributed by atoms with van der Waals surface area (Å²) in [6.45, 7) is 1.07. The van der Waals surface area contributed by atoms with Crippen molar-refractivity contribution in [1.82, 2.24) is 5.32 Å². The van der Waals surface area contributed by atoms with Crippen LogP contribution in [0, 0.1) is 0 Å². The van der Waals surface area contributed by atoms with Gasteiger partial charge in [-0.05, 0) is 5.56 Å². The highest BCUT2D eigenvalue weighted by molar-refractivity contribution is 7.99. The number of nitrogens with two attached hydrogens (primary N) is 1. The number of thiocarbonyl (C=S) groups is 1. The highest BCUT2D eigenvalue weighted by atomic mass is 32.2. The molecule has 1 amide bonds. The van der Waals surface area contributed by atoms with Crippen LogP contribution in [0.25, 0.3) is 0 Å². The Balaban J connectivity index is 2.37. The van der Waals surface area contributed by atoms with E-state index in [0.29, 0.717) is 29.6 Å². The summed E-state index contributed by atoms with van der Waals surface area (Å²) in [6, 6.07) is 7.72. The number of benzene rings is 1. The first-order valence-electron chi connectivity index (χ1n) is 5.86.